The number of H-pyrrole nitrogens is 1. The number of rotatable bonds is 1. The normalized spacial score (nSPS) is 10.6. The summed E-state index contributed by atoms with van der Waals surface area (Å²) in [5, 5.41) is 5.98. The van der Waals surface area contributed by atoms with Crippen LogP contribution in [0.25, 0.3) is 11.5 Å². The summed E-state index contributed by atoms with van der Waals surface area (Å²) in [7, 11) is 0. The zero-order valence-electron chi connectivity index (χ0n) is 6.97. The number of hydrogen-bond acceptors (Lipinski definition) is 3. The third kappa shape index (κ3) is 1.18. The number of aryl methyl sites for hydroxylation is 1. The second-order valence-corrected chi connectivity index (χ2v) is 2.79. The first-order valence-corrected chi connectivity index (χ1v) is 3.73. The molecule has 5 heteroatoms. The molecule has 4 nitrogen and oxygen atoms in total. The Balaban J connectivity index is 2.52. The van der Waals surface area contributed by atoms with Crippen LogP contribution in [-0.4, -0.2) is 10.2 Å². The molecule has 0 bridgehead atoms. The van der Waals surface area contributed by atoms with Crippen LogP contribution in [0.2, 0.25) is 0 Å². The van der Waals surface area contributed by atoms with Gasteiger partial charge in [0.2, 0.25) is 0 Å². The minimum atomic E-state index is -0.575. The SMILES string of the molecule is Cc1coc(-c2[nH]nc(N)c2F)c1. The molecule has 13 heavy (non-hydrogen) atoms. The van der Waals surface area contributed by atoms with Crippen LogP contribution in [0.15, 0.2) is 16.7 Å². The highest BCUT2D eigenvalue weighted by molar-refractivity contribution is 5.58. The predicted octanol–water partition coefficient (Wildman–Crippen LogP) is 1.70. The van der Waals surface area contributed by atoms with Gasteiger partial charge in [-0.1, -0.05) is 0 Å². The Labute approximate surface area is 73.6 Å². The Morgan fingerprint density at radius 2 is 2.38 bits per heavy atom. The van der Waals surface area contributed by atoms with Crippen LogP contribution in [-0.2, 0) is 0 Å². The molecule has 2 aromatic rings. The van der Waals surface area contributed by atoms with Crippen LogP contribution in [0.3, 0.4) is 0 Å². The van der Waals surface area contributed by atoms with Gasteiger partial charge in [0.05, 0.1) is 6.26 Å². The van der Waals surface area contributed by atoms with Crippen molar-refractivity contribution < 1.29 is 8.81 Å². The summed E-state index contributed by atoms with van der Waals surface area (Å²) in [5.74, 6) is -0.322. The standard InChI is InChI=1S/C8H8FN3O/c1-4-2-5(13-3-4)7-6(9)8(10)12-11-7/h2-3H,1H3,(H3,10,11,12). The van der Waals surface area contributed by atoms with Crippen molar-refractivity contribution in [2.24, 2.45) is 0 Å². The highest BCUT2D eigenvalue weighted by atomic mass is 19.1. The lowest BCUT2D eigenvalue weighted by Gasteiger charge is -1.88. The van der Waals surface area contributed by atoms with Gasteiger partial charge in [-0.2, -0.15) is 5.10 Å². The summed E-state index contributed by atoms with van der Waals surface area (Å²) in [4.78, 5) is 0. The molecule has 3 N–H and O–H groups in total. The molecule has 2 heterocycles. The molecule has 0 saturated heterocycles. The fourth-order valence-corrected chi connectivity index (χ4v) is 1.07. The Hall–Kier alpha value is -1.78. The van der Waals surface area contributed by atoms with Gasteiger partial charge >= 0.3 is 0 Å². The van der Waals surface area contributed by atoms with E-state index in [1.165, 1.54) is 6.26 Å². The zero-order valence-corrected chi connectivity index (χ0v) is 6.97. The van der Waals surface area contributed by atoms with Crippen molar-refractivity contribution in [3.8, 4) is 11.5 Å². The third-order valence-electron chi connectivity index (χ3n) is 1.71. The van der Waals surface area contributed by atoms with E-state index in [0.29, 0.717) is 5.76 Å². The van der Waals surface area contributed by atoms with Gasteiger partial charge in [0, 0.05) is 0 Å². The molecule has 0 unspecified atom stereocenters. The van der Waals surface area contributed by atoms with Crippen molar-refractivity contribution in [2.75, 3.05) is 5.73 Å². The van der Waals surface area contributed by atoms with Crippen molar-refractivity contribution in [3.63, 3.8) is 0 Å². The summed E-state index contributed by atoms with van der Waals surface area (Å²) in [6, 6.07) is 1.70. The summed E-state index contributed by atoms with van der Waals surface area (Å²) < 4.78 is 18.3. The summed E-state index contributed by atoms with van der Waals surface area (Å²) in [5.41, 5.74) is 6.33. The number of nitrogen functional groups attached to an aromatic ring is 1. The molecular weight excluding hydrogens is 173 g/mol. The van der Waals surface area contributed by atoms with E-state index in [4.69, 9.17) is 10.2 Å². The quantitative estimate of drug-likeness (QED) is 0.703. The van der Waals surface area contributed by atoms with E-state index in [-0.39, 0.29) is 11.5 Å². The van der Waals surface area contributed by atoms with Crippen LogP contribution in [0.4, 0.5) is 10.2 Å². The molecule has 0 atom stereocenters. The Morgan fingerprint density at radius 1 is 1.62 bits per heavy atom. The minimum Gasteiger partial charge on any atom is -0.462 e. The van der Waals surface area contributed by atoms with Gasteiger partial charge in [-0.3, -0.25) is 5.10 Å². The first-order chi connectivity index (χ1) is 6.18. The smallest absolute Gasteiger partial charge is 0.195 e. The summed E-state index contributed by atoms with van der Waals surface area (Å²) >= 11 is 0. The zero-order chi connectivity index (χ0) is 9.42. The number of anilines is 1. The number of aromatic nitrogens is 2. The van der Waals surface area contributed by atoms with Gasteiger partial charge in [-0.25, -0.2) is 4.39 Å². The number of hydrogen-bond donors (Lipinski definition) is 2. The molecule has 0 aromatic carbocycles. The van der Waals surface area contributed by atoms with Crippen LogP contribution < -0.4 is 5.73 Å². The number of aromatic amines is 1. The van der Waals surface area contributed by atoms with Gasteiger partial charge in [-0.05, 0) is 18.6 Å². The first-order valence-electron chi connectivity index (χ1n) is 3.73. The fraction of sp³-hybridized carbons (Fsp3) is 0.125. The van der Waals surface area contributed by atoms with E-state index in [1.54, 1.807) is 6.07 Å². The van der Waals surface area contributed by atoms with E-state index in [9.17, 15) is 4.39 Å². The largest absolute Gasteiger partial charge is 0.462 e. The van der Waals surface area contributed by atoms with Gasteiger partial charge in [0.1, 0.15) is 5.69 Å². The van der Waals surface area contributed by atoms with Crippen molar-refractivity contribution in [1.82, 2.24) is 10.2 Å². The van der Waals surface area contributed by atoms with Crippen LogP contribution >= 0.6 is 0 Å². The minimum absolute atomic E-state index is 0.149. The number of nitrogens with zero attached hydrogens (tertiary/aromatic N) is 1. The third-order valence-corrected chi connectivity index (χ3v) is 1.71. The number of nitrogens with one attached hydrogen (secondary N) is 1. The molecule has 0 spiro atoms. The highest BCUT2D eigenvalue weighted by Gasteiger charge is 2.14. The molecule has 0 radical (unpaired) electrons. The molecule has 0 amide bonds. The van der Waals surface area contributed by atoms with Gasteiger partial charge in [0.15, 0.2) is 17.4 Å². The van der Waals surface area contributed by atoms with E-state index in [0.717, 1.165) is 5.56 Å². The average Bonchev–Trinajstić information content (AvgIpc) is 2.62. The number of halogens is 1. The number of nitrogens with two attached hydrogens (primary N) is 1. The summed E-state index contributed by atoms with van der Waals surface area (Å²) in [6.07, 6.45) is 1.53. The maximum atomic E-state index is 13.2. The fourth-order valence-electron chi connectivity index (χ4n) is 1.07. The first kappa shape index (κ1) is 7.85. The lowest BCUT2D eigenvalue weighted by Crippen LogP contribution is -1.86. The molecule has 2 aromatic heterocycles. The molecule has 0 fully saturated rings. The number of furan rings is 1. The van der Waals surface area contributed by atoms with Gasteiger partial charge < -0.3 is 10.2 Å². The van der Waals surface area contributed by atoms with Crippen molar-refractivity contribution >= 4 is 5.82 Å². The molecule has 0 aliphatic carbocycles. The Bertz CT molecular complexity index is 432. The lowest BCUT2D eigenvalue weighted by atomic mass is 10.3. The maximum absolute atomic E-state index is 13.2. The Kier molecular flexibility index (Phi) is 1.58. The van der Waals surface area contributed by atoms with E-state index in [2.05, 4.69) is 10.2 Å². The summed E-state index contributed by atoms with van der Waals surface area (Å²) in [6.45, 7) is 1.85. The average molecular weight is 181 g/mol. The molecular formula is C8H8FN3O. The molecule has 0 saturated carbocycles. The van der Waals surface area contributed by atoms with E-state index >= 15 is 0 Å². The van der Waals surface area contributed by atoms with E-state index < -0.39 is 5.82 Å². The van der Waals surface area contributed by atoms with Crippen LogP contribution in [0, 0.1) is 12.7 Å². The van der Waals surface area contributed by atoms with E-state index in [1.807, 2.05) is 6.92 Å². The molecule has 68 valence electrons. The van der Waals surface area contributed by atoms with Gasteiger partial charge in [-0.15, -0.1) is 0 Å². The molecule has 0 aliphatic heterocycles. The monoisotopic (exact) mass is 181 g/mol. The van der Waals surface area contributed by atoms with Crippen molar-refractivity contribution in [3.05, 3.63) is 23.7 Å². The van der Waals surface area contributed by atoms with Crippen LogP contribution in [0.1, 0.15) is 5.56 Å². The maximum Gasteiger partial charge on any atom is 0.195 e. The molecule has 2 rings (SSSR count). The van der Waals surface area contributed by atoms with Crippen LogP contribution in [0.5, 0.6) is 0 Å². The lowest BCUT2D eigenvalue weighted by molar-refractivity contribution is 0.567. The topological polar surface area (TPSA) is 67.8 Å². The second kappa shape index (κ2) is 2.62. The highest BCUT2D eigenvalue weighted by Crippen LogP contribution is 2.24. The Morgan fingerprint density at radius 3 is 2.85 bits per heavy atom. The van der Waals surface area contributed by atoms with Crippen molar-refractivity contribution in [1.29, 1.82) is 0 Å². The predicted molar refractivity (Wildman–Crippen MR) is 45.4 cm³/mol. The molecule has 0 aliphatic rings. The second-order valence-electron chi connectivity index (χ2n) is 2.79. The van der Waals surface area contributed by atoms with Crippen molar-refractivity contribution in [2.45, 2.75) is 6.92 Å². The van der Waals surface area contributed by atoms with Gasteiger partial charge in [0.25, 0.3) is 0 Å².